The number of aryl methyl sites for hydroxylation is 1. The molecule has 1 heterocycles. The fraction of sp³-hybridized carbons (Fsp3) is 0.562. The molecule has 1 amide bonds. The van der Waals surface area contributed by atoms with Gasteiger partial charge in [-0.3, -0.25) is 0 Å². The number of ether oxygens (including phenoxy) is 1. The van der Waals surface area contributed by atoms with Crippen LogP contribution < -0.4 is 4.72 Å². The number of phenolic OH excluding ortho intramolecular Hbond substituents is 1. The van der Waals surface area contributed by atoms with Crippen LogP contribution >= 0.6 is 0 Å². The van der Waals surface area contributed by atoms with Crippen molar-refractivity contribution in [2.45, 2.75) is 38.2 Å². The molecular weight excluding hydrogens is 332 g/mol. The number of likely N-dealkylation sites (tertiary alicyclic amines) is 1. The molecule has 0 unspecified atom stereocenters. The van der Waals surface area contributed by atoms with E-state index >= 15 is 0 Å². The maximum atomic E-state index is 12.3. The molecule has 1 saturated heterocycles. The Bertz CT molecular complexity index is 698. The van der Waals surface area contributed by atoms with Crippen LogP contribution in [0.2, 0.25) is 0 Å². The molecule has 0 spiro atoms. The summed E-state index contributed by atoms with van der Waals surface area (Å²) in [5.74, 6) is -0.0409. The highest BCUT2D eigenvalue weighted by atomic mass is 32.2. The Balaban J connectivity index is 1.86. The first-order valence-corrected chi connectivity index (χ1v) is 9.23. The molecule has 0 bridgehead atoms. The van der Waals surface area contributed by atoms with Gasteiger partial charge in [0.1, 0.15) is 11.4 Å². The minimum atomic E-state index is -3.69. The first kappa shape index (κ1) is 18.5. The summed E-state index contributed by atoms with van der Waals surface area (Å²) in [5, 5.41) is 9.53. The Morgan fingerprint density at radius 3 is 2.50 bits per heavy atom. The maximum absolute atomic E-state index is 12.3. The lowest BCUT2D eigenvalue weighted by molar-refractivity contribution is -0.0000785. The molecule has 8 heteroatoms. The number of carbonyl (C=O) groups is 1. The van der Waals surface area contributed by atoms with E-state index in [2.05, 4.69) is 4.72 Å². The molecule has 1 aliphatic heterocycles. The highest BCUT2D eigenvalue weighted by molar-refractivity contribution is 7.89. The van der Waals surface area contributed by atoms with Crippen LogP contribution in [0.5, 0.6) is 5.75 Å². The van der Waals surface area contributed by atoms with E-state index in [0.29, 0.717) is 18.7 Å². The van der Waals surface area contributed by atoms with E-state index in [9.17, 15) is 18.3 Å². The smallest absolute Gasteiger partial charge is 0.410 e. The van der Waals surface area contributed by atoms with E-state index < -0.39 is 15.6 Å². The van der Waals surface area contributed by atoms with Crippen molar-refractivity contribution >= 4 is 16.1 Å². The Kier molecular flexibility index (Phi) is 5.10. The third kappa shape index (κ3) is 4.85. The van der Waals surface area contributed by atoms with Crippen LogP contribution in [0.1, 0.15) is 26.3 Å². The summed E-state index contributed by atoms with van der Waals surface area (Å²) in [6.07, 6.45) is -0.384. The van der Waals surface area contributed by atoms with Crippen molar-refractivity contribution in [1.29, 1.82) is 0 Å². The molecule has 0 aromatic heterocycles. The Labute approximate surface area is 142 Å². The molecule has 2 rings (SSSR count). The van der Waals surface area contributed by atoms with Gasteiger partial charge >= 0.3 is 6.09 Å². The van der Waals surface area contributed by atoms with E-state index in [1.807, 2.05) is 0 Å². The lowest BCUT2D eigenvalue weighted by Crippen LogP contribution is -2.54. The van der Waals surface area contributed by atoms with Gasteiger partial charge in [-0.05, 0) is 51.5 Å². The van der Waals surface area contributed by atoms with Gasteiger partial charge in [0.15, 0.2) is 0 Å². The van der Waals surface area contributed by atoms with Crippen molar-refractivity contribution in [2.24, 2.45) is 5.92 Å². The van der Waals surface area contributed by atoms with Gasteiger partial charge < -0.3 is 14.7 Å². The third-order valence-electron chi connectivity index (χ3n) is 3.52. The highest BCUT2D eigenvalue weighted by Crippen LogP contribution is 2.21. The monoisotopic (exact) mass is 356 g/mol. The quantitative estimate of drug-likeness (QED) is 0.858. The summed E-state index contributed by atoms with van der Waals surface area (Å²) in [6, 6.07) is 4.20. The topological polar surface area (TPSA) is 95.9 Å². The molecule has 1 aliphatic rings. The molecule has 0 aliphatic carbocycles. The fourth-order valence-electron chi connectivity index (χ4n) is 2.37. The number of amides is 1. The number of nitrogens with one attached hydrogen (secondary N) is 1. The lowest BCUT2D eigenvalue weighted by atomic mass is 10.0. The van der Waals surface area contributed by atoms with Crippen molar-refractivity contribution < 1.29 is 23.1 Å². The van der Waals surface area contributed by atoms with Crippen LogP contribution in [-0.2, 0) is 14.8 Å². The Hall–Kier alpha value is -1.80. The molecule has 134 valence electrons. The van der Waals surface area contributed by atoms with Crippen molar-refractivity contribution in [1.82, 2.24) is 9.62 Å². The van der Waals surface area contributed by atoms with Crippen LogP contribution in [0, 0.1) is 12.8 Å². The molecule has 1 aromatic carbocycles. The number of benzene rings is 1. The number of sulfonamides is 1. The third-order valence-corrected chi connectivity index (χ3v) is 4.92. The largest absolute Gasteiger partial charge is 0.508 e. The molecule has 2 N–H and O–H groups in total. The van der Waals surface area contributed by atoms with E-state index in [-0.39, 0.29) is 29.2 Å². The first-order valence-electron chi connectivity index (χ1n) is 7.74. The minimum Gasteiger partial charge on any atom is -0.508 e. The molecule has 1 fully saturated rings. The molecule has 1 aromatic rings. The molecule has 0 atom stereocenters. The molecule has 0 saturated carbocycles. The number of rotatable bonds is 4. The number of phenols is 1. The summed E-state index contributed by atoms with van der Waals surface area (Å²) >= 11 is 0. The number of hydrogen-bond acceptors (Lipinski definition) is 5. The van der Waals surface area contributed by atoms with Gasteiger partial charge in [-0.25, -0.2) is 17.9 Å². The second-order valence-corrected chi connectivity index (χ2v) is 8.87. The minimum absolute atomic E-state index is 0.0309. The van der Waals surface area contributed by atoms with Crippen LogP contribution in [-0.4, -0.2) is 49.8 Å². The zero-order valence-corrected chi connectivity index (χ0v) is 15.2. The molecule has 7 nitrogen and oxygen atoms in total. The van der Waals surface area contributed by atoms with Gasteiger partial charge in [0.25, 0.3) is 0 Å². The van der Waals surface area contributed by atoms with Crippen LogP contribution in [0.4, 0.5) is 4.79 Å². The SMILES string of the molecule is Cc1cc(O)cc(S(=O)(=O)NCC2CN(C(=O)OC(C)(C)C)C2)c1. The van der Waals surface area contributed by atoms with Gasteiger partial charge in [-0.15, -0.1) is 0 Å². The van der Waals surface area contributed by atoms with E-state index in [0.717, 1.165) is 0 Å². The van der Waals surface area contributed by atoms with E-state index in [1.54, 1.807) is 32.6 Å². The van der Waals surface area contributed by atoms with Gasteiger partial charge in [0, 0.05) is 25.6 Å². The molecule has 0 radical (unpaired) electrons. The Morgan fingerprint density at radius 2 is 1.96 bits per heavy atom. The van der Waals surface area contributed by atoms with Crippen molar-refractivity contribution in [3.8, 4) is 5.75 Å². The van der Waals surface area contributed by atoms with E-state index in [4.69, 9.17) is 4.74 Å². The van der Waals surface area contributed by atoms with Crippen LogP contribution in [0.15, 0.2) is 23.1 Å². The van der Waals surface area contributed by atoms with Crippen LogP contribution in [0.25, 0.3) is 0 Å². The molecule has 24 heavy (non-hydrogen) atoms. The number of aromatic hydroxyl groups is 1. The average Bonchev–Trinajstić information content (AvgIpc) is 2.33. The summed E-state index contributed by atoms with van der Waals surface area (Å²) in [4.78, 5) is 13.4. The van der Waals surface area contributed by atoms with E-state index in [1.165, 1.54) is 18.2 Å². The zero-order valence-electron chi connectivity index (χ0n) is 14.4. The summed E-state index contributed by atoms with van der Waals surface area (Å²) in [7, 11) is -3.69. The number of hydrogen-bond donors (Lipinski definition) is 2. The lowest BCUT2D eigenvalue weighted by Gasteiger charge is -2.39. The van der Waals surface area contributed by atoms with Crippen LogP contribution in [0.3, 0.4) is 0 Å². The molecular formula is C16H24N2O5S. The predicted octanol–water partition coefficient (Wildman–Crippen LogP) is 1.85. The average molecular weight is 356 g/mol. The van der Waals surface area contributed by atoms with Gasteiger partial charge in [0.05, 0.1) is 4.90 Å². The second kappa shape index (κ2) is 6.60. The zero-order chi connectivity index (χ0) is 18.1. The summed E-state index contributed by atoms with van der Waals surface area (Å²) in [5.41, 5.74) is 0.117. The standard InChI is InChI=1S/C16H24N2O5S/c1-11-5-13(19)7-14(6-11)24(21,22)17-8-12-9-18(10-12)15(20)23-16(2,3)4/h5-7,12,17,19H,8-10H2,1-4H3. The number of nitrogens with zero attached hydrogens (tertiary/aromatic N) is 1. The van der Waals surface area contributed by atoms with Crippen molar-refractivity contribution in [2.75, 3.05) is 19.6 Å². The second-order valence-electron chi connectivity index (χ2n) is 7.11. The fourth-order valence-corrected chi connectivity index (χ4v) is 3.61. The van der Waals surface area contributed by atoms with Crippen molar-refractivity contribution in [3.05, 3.63) is 23.8 Å². The summed E-state index contributed by atoms with van der Waals surface area (Å²) in [6.45, 7) is 8.25. The van der Waals surface area contributed by atoms with Crippen molar-refractivity contribution in [3.63, 3.8) is 0 Å². The Morgan fingerprint density at radius 1 is 1.33 bits per heavy atom. The number of carbonyl (C=O) groups excluding carboxylic acids is 1. The predicted molar refractivity (Wildman–Crippen MR) is 89.3 cm³/mol. The highest BCUT2D eigenvalue weighted by Gasteiger charge is 2.34. The van der Waals surface area contributed by atoms with Gasteiger partial charge in [-0.2, -0.15) is 0 Å². The summed E-state index contributed by atoms with van der Waals surface area (Å²) < 4.78 is 32.3. The normalized spacial score (nSPS) is 15.9. The maximum Gasteiger partial charge on any atom is 0.410 e. The van der Waals surface area contributed by atoms with Gasteiger partial charge in [-0.1, -0.05) is 0 Å². The first-order chi connectivity index (χ1) is 11.0. The van der Waals surface area contributed by atoms with Gasteiger partial charge in [0.2, 0.25) is 10.0 Å².